The number of carbonyl (C=O) groups is 2. The molecular weight excluding hydrogens is 286 g/mol. The molecule has 0 saturated heterocycles. The Morgan fingerprint density at radius 1 is 1.32 bits per heavy atom. The van der Waals surface area contributed by atoms with Crippen LogP contribution in [0.5, 0.6) is 5.75 Å². The van der Waals surface area contributed by atoms with Crippen molar-refractivity contribution in [2.24, 2.45) is 0 Å². The Kier molecular flexibility index (Phi) is 4.45. The maximum Gasteiger partial charge on any atom is 0.337 e. The van der Waals surface area contributed by atoms with Crippen molar-refractivity contribution in [2.75, 3.05) is 12.4 Å². The number of hydrogen-bond donors (Lipinski definition) is 2. The third-order valence-electron chi connectivity index (χ3n) is 3.08. The van der Waals surface area contributed by atoms with Crippen molar-refractivity contribution in [3.05, 3.63) is 41.7 Å². The zero-order valence-electron chi connectivity index (χ0n) is 12.5. The molecule has 0 atom stereocenters. The molecule has 0 unspecified atom stereocenters. The first kappa shape index (κ1) is 15.6. The predicted molar refractivity (Wildman–Crippen MR) is 80.5 cm³/mol. The van der Waals surface area contributed by atoms with Gasteiger partial charge in [-0.25, -0.2) is 4.79 Å². The molecule has 22 heavy (non-hydrogen) atoms. The summed E-state index contributed by atoms with van der Waals surface area (Å²) in [4.78, 5) is 23.4. The molecule has 0 saturated carbocycles. The third kappa shape index (κ3) is 3.25. The van der Waals surface area contributed by atoms with Crippen molar-refractivity contribution in [3.8, 4) is 5.75 Å². The van der Waals surface area contributed by atoms with E-state index in [1.165, 1.54) is 19.2 Å². The van der Waals surface area contributed by atoms with E-state index in [0.29, 0.717) is 5.75 Å². The standard InChI is InChI=1S/C15H17N3O4/c1-9(2)18-7-6-13(17-18)14(19)16-12-5-4-10(22-3)8-11(12)15(20)21/h4-9H,1-3H3,(H,16,19)(H,20,21). The van der Waals surface area contributed by atoms with E-state index >= 15 is 0 Å². The van der Waals surface area contributed by atoms with E-state index in [2.05, 4.69) is 10.4 Å². The van der Waals surface area contributed by atoms with Gasteiger partial charge in [0.05, 0.1) is 18.4 Å². The van der Waals surface area contributed by atoms with Crippen LogP contribution < -0.4 is 10.1 Å². The number of benzene rings is 1. The van der Waals surface area contributed by atoms with E-state index in [9.17, 15) is 14.7 Å². The molecule has 2 rings (SSSR count). The topological polar surface area (TPSA) is 93.5 Å². The number of carbonyl (C=O) groups excluding carboxylic acids is 1. The van der Waals surface area contributed by atoms with Crippen molar-refractivity contribution in [1.82, 2.24) is 9.78 Å². The smallest absolute Gasteiger partial charge is 0.337 e. The number of rotatable bonds is 5. The molecule has 0 radical (unpaired) electrons. The molecular formula is C15H17N3O4. The summed E-state index contributed by atoms with van der Waals surface area (Å²) in [5.74, 6) is -1.21. The number of aromatic carboxylic acids is 1. The second-order valence-electron chi connectivity index (χ2n) is 4.95. The highest BCUT2D eigenvalue weighted by atomic mass is 16.5. The highest BCUT2D eigenvalue weighted by Crippen LogP contribution is 2.22. The van der Waals surface area contributed by atoms with E-state index in [1.807, 2.05) is 13.8 Å². The Morgan fingerprint density at radius 2 is 2.05 bits per heavy atom. The molecule has 7 heteroatoms. The highest BCUT2D eigenvalue weighted by Gasteiger charge is 2.16. The van der Waals surface area contributed by atoms with Gasteiger partial charge in [0.2, 0.25) is 0 Å². The minimum Gasteiger partial charge on any atom is -0.497 e. The van der Waals surface area contributed by atoms with Crippen molar-refractivity contribution in [3.63, 3.8) is 0 Å². The maximum atomic E-state index is 12.2. The first-order chi connectivity index (χ1) is 10.4. The summed E-state index contributed by atoms with van der Waals surface area (Å²) in [6.07, 6.45) is 1.70. The summed E-state index contributed by atoms with van der Waals surface area (Å²) in [7, 11) is 1.44. The normalized spacial score (nSPS) is 10.5. The number of ether oxygens (including phenoxy) is 1. The minimum absolute atomic E-state index is 0.0454. The number of anilines is 1. The summed E-state index contributed by atoms with van der Waals surface area (Å²) in [5, 5.41) is 15.9. The SMILES string of the molecule is COc1ccc(NC(=O)c2ccn(C(C)C)n2)c(C(=O)O)c1. The van der Waals surface area contributed by atoms with Crippen LogP contribution in [0.3, 0.4) is 0 Å². The summed E-state index contributed by atoms with van der Waals surface area (Å²) >= 11 is 0. The minimum atomic E-state index is -1.15. The summed E-state index contributed by atoms with van der Waals surface area (Å²) < 4.78 is 6.64. The average Bonchev–Trinajstić information content (AvgIpc) is 2.97. The molecule has 1 aromatic carbocycles. The quantitative estimate of drug-likeness (QED) is 0.884. The molecule has 0 spiro atoms. The number of nitrogens with one attached hydrogen (secondary N) is 1. The van der Waals surface area contributed by atoms with Gasteiger partial charge in [-0.15, -0.1) is 0 Å². The van der Waals surface area contributed by atoms with Crippen LogP contribution in [0.4, 0.5) is 5.69 Å². The van der Waals surface area contributed by atoms with Gasteiger partial charge in [0, 0.05) is 12.2 Å². The molecule has 1 heterocycles. The van der Waals surface area contributed by atoms with Crippen LogP contribution in [0.15, 0.2) is 30.5 Å². The van der Waals surface area contributed by atoms with Gasteiger partial charge in [-0.05, 0) is 38.1 Å². The van der Waals surface area contributed by atoms with Crippen molar-refractivity contribution in [2.45, 2.75) is 19.9 Å². The second-order valence-corrected chi connectivity index (χ2v) is 4.95. The van der Waals surface area contributed by atoms with Crippen LogP contribution in [0.25, 0.3) is 0 Å². The molecule has 0 fully saturated rings. The Hall–Kier alpha value is -2.83. The summed E-state index contributed by atoms with van der Waals surface area (Å²) in [5.41, 5.74) is 0.370. The molecule has 0 bridgehead atoms. The maximum absolute atomic E-state index is 12.2. The number of methoxy groups -OCH3 is 1. The number of carboxylic acid groups (broad SMARTS) is 1. The molecule has 2 N–H and O–H groups in total. The van der Waals surface area contributed by atoms with E-state index in [0.717, 1.165) is 0 Å². The molecule has 0 aliphatic rings. The number of nitrogens with zero attached hydrogens (tertiary/aromatic N) is 2. The van der Waals surface area contributed by atoms with Crippen LogP contribution in [-0.2, 0) is 0 Å². The number of carboxylic acids is 1. The Balaban J connectivity index is 2.25. The van der Waals surface area contributed by atoms with Gasteiger partial charge in [0.15, 0.2) is 5.69 Å². The second kappa shape index (κ2) is 6.30. The first-order valence-electron chi connectivity index (χ1n) is 6.70. The largest absolute Gasteiger partial charge is 0.497 e. The zero-order chi connectivity index (χ0) is 16.3. The lowest BCUT2D eigenvalue weighted by molar-refractivity contribution is 0.0697. The summed E-state index contributed by atoms with van der Waals surface area (Å²) in [6.45, 7) is 3.89. The summed E-state index contributed by atoms with van der Waals surface area (Å²) in [6, 6.07) is 6.13. The van der Waals surface area contributed by atoms with E-state index < -0.39 is 11.9 Å². The molecule has 1 aromatic heterocycles. The lowest BCUT2D eigenvalue weighted by atomic mass is 10.1. The predicted octanol–water partition coefficient (Wildman–Crippen LogP) is 2.42. The van der Waals surface area contributed by atoms with Crippen LogP contribution in [0.2, 0.25) is 0 Å². The Bertz CT molecular complexity index is 707. The zero-order valence-corrected chi connectivity index (χ0v) is 12.5. The first-order valence-corrected chi connectivity index (χ1v) is 6.70. The lowest BCUT2D eigenvalue weighted by Gasteiger charge is -2.09. The monoisotopic (exact) mass is 303 g/mol. The number of amides is 1. The molecule has 0 aliphatic heterocycles. The van der Waals surface area contributed by atoms with E-state index in [-0.39, 0.29) is 23.0 Å². The van der Waals surface area contributed by atoms with Gasteiger partial charge >= 0.3 is 5.97 Å². The molecule has 0 aliphatic carbocycles. The Morgan fingerprint density at radius 3 is 2.59 bits per heavy atom. The van der Waals surface area contributed by atoms with Gasteiger partial charge in [-0.2, -0.15) is 5.10 Å². The third-order valence-corrected chi connectivity index (χ3v) is 3.08. The fourth-order valence-electron chi connectivity index (χ4n) is 1.87. The van der Waals surface area contributed by atoms with Gasteiger partial charge in [0.25, 0.3) is 5.91 Å². The fraction of sp³-hybridized carbons (Fsp3) is 0.267. The van der Waals surface area contributed by atoms with Crippen molar-refractivity contribution < 1.29 is 19.4 Å². The van der Waals surface area contributed by atoms with Crippen LogP contribution in [0, 0.1) is 0 Å². The number of aromatic nitrogens is 2. The fourth-order valence-corrected chi connectivity index (χ4v) is 1.87. The van der Waals surface area contributed by atoms with Gasteiger partial charge in [0.1, 0.15) is 5.75 Å². The van der Waals surface area contributed by atoms with E-state index in [4.69, 9.17) is 4.74 Å². The average molecular weight is 303 g/mol. The molecule has 116 valence electrons. The van der Waals surface area contributed by atoms with E-state index in [1.54, 1.807) is 23.0 Å². The van der Waals surface area contributed by atoms with Gasteiger partial charge in [-0.1, -0.05) is 0 Å². The van der Waals surface area contributed by atoms with Crippen LogP contribution in [0.1, 0.15) is 40.7 Å². The van der Waals surface area contributed by atoms with Gasteiger partial charge in [-0.3, -0.25) is 9.48 Å². The van der Waals surface area contributed by atoms with Crippen molar-refractivity contribution >= 4 is 17.6 Å². The van der Waals surface area contributed by atoms with Gasteiger partial charge < -0.3 is 15.2 Å². The molecule has 1 amide bonds. The molecule has 7 nitrogen and oxygen atoms in total. The van der Waals surface area contributed by atoms with Crippen molar-refractivity contribution in [1.29, 1.82) is 0 Å². The highest BCUT2D eigenvalue weighted by molar-refractivity contribution is 6.06. The Labute approximate surface area is 127 Å². The number of hydrogen-bond acceptors (Lipinski definition) is 4. The molecule has 2 aromatic rings. The van der Waals surface area contributed by atoms with Crippen LogP contribution >= 0.6 is 0 Å². The van der Waals surface area contributed by atoms with Crippen LogP contribution in [-0.4, -0.2) is 33.9 Å². The lowest BCUT2D eigenvalue weighted by Crippen LogP contribution is -2.16.